The van der Waals surface area contributed by atoms with E-state index in [1.165, 1.54) is 50.5 Å². The summed E-state index contributed by atoms with van der Waals surface area (Å²) in [5.74, 6) is 0. The zero-order valence-electron chi connectivity index (χ0n) is 11.5. The smallest absolute Gasteiger partial charge is 0.0141 e. The van der Waals surface area contributed by atoms with Crippen LogP contribution in [0, 0.1) is 0 Å². The minimum atomic E-state index is 1.11. The van der Waals surface area contributed by atoms with E-state index >= 15 is 0 Å². The van der Waals surface area contributed by atoms with Crippen molar-refractivity contribution >= 4 is 0 Å². The van der Waals surface area contributed by atoms with E-state index in [4.69, 9.17) is 0 Å². The lowest BCUT2D eigenvalue weighted by Crippen LogP contribution is -2.06. The maximum absolute atomic E-state index is 3.34. The van der Waals surface area contributed by atoms with Crippen LogP contribution < -0.4 is 5.32 Å². The molecule has 1 N–H and O–H groups in total. The zero-order chi connectivity index (χ0) is 12.3. The fourth-order valence-electron chi connectivity index (χ4n) is 1.77. The van der Waals surface area contributed by atoms with Crippen LogP contribution in [-0.4, -0.2) is 6.54 Å². The molecule has 0 heterocycles. The van der Waals surface area contributed by atoms with Crippen LogP contribution in [0.4, 0.5) is 0 Å². The zero-order valence-corrected chi connectivity index (χ0v) is 11.5. The first-order valence-corrected chi connectivity index (χ1v) is 7.09. The Morgan fingerprint density at radius 2 is 1.94 bits per heavy atom. The van der Waals surface area contributed by atoms with Gasteiger partial charge in [0.25, 0.3) is 0 Å². The first-order chi connectivity index (χ1) is 8.33. The van der Waals surface area contributed by atoms with Gasteiger partial charge in [-0.05, 0) is 38.5 Å². The van der Waals surface area contributed by atoms with Gasteiger partial charge in [-0.3, -0.25) is 0 Å². The van der Waals surface area contributed by atoms with Gasteiger partial charge in [-0.1, -0.05) is 55.9 Å². The third-order valence-corrected chi connectivity index (χ3v) is 2.97. The summed E-state index contributed by atoms with van der Waals surface area (Å²) in [7, 11) is 0. The molecule has 0 aromatic carbocycles. The molecule has 0 saturated heterocycles. The average molecular weight is 233 g/mol. The molecule has 1 heteroatoms. The Labute approximate surface area is 107 Å². The summed E-state index contributed by atoms with van der Waals surface area (Å²) in [6.45, 7) is 5.53. The summed E-state index contributed by atoms with van der Waals surface area (Å²) in [5, 5.41) is 3.34. The van der Waals surface area contributed by atoms with Gasteiger partial charge in [0.15, 0.2) is 0 Å². The Morgan fingerprint density at radius 1 is 1.18 bits per heavy atom. The van der Waals surface area contributed by atoms with Crippen molar-refractivity contribution in [3.05, 3.63) is 35.6 Å². The van der Waals surface area contributed by atoms with Gasteiger partial charge in [-0.15, -0.1) is 0 Å². The van der Waals surface area contributed by atoms with Crippen LogP contribution in [0.25, 0.3) is 0 Å². The second-order valence-electron chi connectivity index (χ2n) is 4.94. The van der Waals surface area contributed by atoms with E-state index in [2.05, 4.69) is 43.6 Å². The molecule has 0 radical (unpaired) electrons. The molecule has 1 nitrogen and oxygen atoms in total. The summed E-state index contributed by atoms with van der Waals surface area (Å²) in [4.78, 5) is 0. The lowest BCUT2D eigenvalue weighted by atomic mass is 10.1. The van der Waals surface area contributed by atoms with Crippen LogP contribution in [0.3, 0.4) is 0 Å². The maximum atomic E-state index is 3.34. The number of nitrogens with one attached hydrogen (secondary N) is 1. The van der Waals surface area contributed by atoms with Crippen molar-refractivity contribution in [3.8, 4) is 0 Å². The average Bonchev–Trinajstić information content (AvgIpc) is 3.11. The minimum Gasteiger partial charge on any atom is -0.391 e. The van der Waals surface area contributed by atoms with Crippen LogP contribution in [0.1, 0.15) is 58.8 Å². The molecule has 0 aromatic heterocycles. The first kappa shape index (κ1) is 14.1. The monoisotopic (exact) mass is 233 g/mol. The molecule has 1 saturated carbocycles. The molecule has 1 fully saturated rings. The fraction of sp³-hybridized carbons (Fsp3) is 0.625. The molecule has 0 spiro atoms. The summed E-state index contributed by atoms with van der Waals surface area (Å²) in [6, 6.07) is 0. The van der Waals surface area contributed by atoms with Crippen molar-refractivity contribution in [3.63, 3.8) is 0 Å². The molecule has 1 aliphatic carbocycles. The minimum absolute atomic E-state index is 1.11. The number of hydrogen-bond donors (Lipinski definition) is 1. The van der Waals surface area contributed by atoms with E-state index in [1.54, 1.807) is 5.57 Å². The van der Waals surface area contributed by atoms with Crippen LogP contribution in [0.2, 0.25) is 0 Å². The maximum Gasteiger partial charge on any atom is 0.0141 e. The lowest BCUT2D eigenvalue weighted by molar-refractivity contribution is 0.618. The van der Waals surface area contributed by atoms with Gasteiger partial charge in [-0.25, -0.2) is 0 Å². The number of unbranched alkanes of at least 4 members (excludes halogenated alkanes) is 4. The predicted molar refractivity (Wildman–Crippen MR) is 77.0 cm³/mol. The molecule has 0 aromatic rings. The molecule has 1 aliphatic rings. The van der Waals surface area contributed by atoms with Crippen molar-refractivity contribution in [2.45, 2.75) is 58.8 Å². The van der Waals surface area contributed by atoms with Crippen molar-refractivity contribution in [2.75, 3.05) is 6.54 Å². The van der Waals surface area contributed by atoms with Gasteiger partial charge in [0.05, 0.1) is 0 Å². The van der Waals surface area contributed by atoms with Gasteiger partial charge < -0.3 is 5.32 Å². The fourth-order valence-corrected chi connectivity index (χ4v) is 1.77. The highest BCUT2D eigenvalue weighted by Crippen LogP contribution is 2.28. The van der Waals surface area contributed by atoms with Gasteiger partial charge in [0, 0.05) is 6.54 Å². The van der Waals surface area contributed by atoms with Crippen LogP contribution in [0.5, 0.6) is 0 Å². The van der Waals surface area contributed by atoms with E-state index in [1.807, 2.05) is 0 Å². The SMILES string of the molecule is CCCCCCCN/C=C\C=C(\C)C=C1CC1. The summed E-state index contributed by atoms with van der Waals surface area (Å²) < 4.78 is 0. The van der Waals surface area contributed by atoms with Gasteiger partial charge in [-0.2, -0.15) is 0 Å². The Balaban J connectivity index is 1.96. The molecule has 0 bridgehead atoms. The normalized spacial score (nSPS) is 15.4. The second kappa shape index (κ2) is 9.09. The Morgan fingerprint density at radius 3 is 2.65 bits per heavy atom. The van der Waals surface area contributed by atoms with E-state index in [-0.39, 0.29) is 0 Å². The van der Waals surface area contributed by atoms with Crippen LogP contribution in [0.15, 0.2) is 35.6 Å². The highest BCUT2D eigenvalue weighted by atomic mass is 14.8. The Kier molecular flexibility index (Phi) is 7.53. The highest BCUT2D eigenvalue weighted by molar-refractivity contribution is 5.30. The molecule has 0 aliphatic heterocycles. The summed E-state index contributed by atoms with van der Waals surface area (Å²) in [5.41, 5.74) is 2.95. The molecule has 96 valence electrons. The predicted octanol–water partition coefficient (Wildman–Crippen LogP) is 4.73. The molecule has 0 amide bonds. The van der Waals surface area contributed by atoms with Crippen molar-refractivity contribution in [1.29, 1.82) is 0 Å². The third-order valence-electron chi connectivity index (χ3n) is 2.97. The van der Waals surface area contributed by atoms with Crippen molar-refractivity contribution in [2.24, 2.45) is 0 Å². The van der Waals surface area contributed by atoms with Crippen LogP contribution >= 0.6 is 0 Å². The standard InChI is InChI=1S/C16H27N/c1-3-4-5-6-7-12-17-13-8-9-15(2)14-16-10-11-16/h8-9,13-14,17H,3-7,10-12H2,1-2H3/b13-8-,15-9-. The van der Waals surface area contributed by atoms with E-state index in [0.717, 1.165) is 6.54 Å². The van der Waals surface area contributed by atoms with Gasteiger partial charge in [0.2, 0.25) is 0 Å². The number of allylic oxidation sites excluding steroid dienone is 5. The quantitative estimate of drug-likeness (QED) is 0.448. The third kappa shape index (κ3) is 8.79. The largest absolute Gasteiger partial charge is 0.391 e. The van der Waals surface area contributed by atoms with E-state index in [0.29, 0.717) is 0 Å². The molecule has 17 heavy (non-hydrogen) atoms. The molecule has 1 rings (SSSR count). The first-order valence-electron chi connectivity index (χ1n) is 7.09. The van der Waals surface area contributed by atoms with E-state index in [9.17, 15) is 0 Å². The number of hydrogen-bond acceptors (Lipinski definition) is 1. The topological polar surface area (TPSA) is 12.0 Å². The molecule has 0 atom stereocenters. The Hall–Kier alpha value is -0.980. The highest BCUT2D eigenvalue weighted by Gasteiger charge is 2.09. The molecule has 0 unspecified atom stereocenters. The summed E-state index contributed by atoms with van der Waals surface area (Å²) in [6.07, 6.45) is 18.0. The number of rotatable bonds is 9. The lowest BCUT2D eigenvalue weighted by Gasteiger charge is -2.00. The summed E-state index contributed by atoms with van der Waals surface area (Å²) >= 11 is 0. The van der Waals surface area contributed by atoms with Crippen LogP contribution in [-0.2, 0) is 0 Å². The van der Waals surface area contributed by atoms with Gasteiger partial charge >= 0.3 is 0 Å². The van der Waals surface area contributed by atoms with Crippen molar-refractivity contribution in [1.82, 2.24) is 5.32 Å². The van der Waals surface area contributed by atoms with Gasteiger partial charge in [0.1, 0.15) is 0 Å². The molecular weight excluding hydrogens is 206 g/mol. The Bertz CT molecular complexity index is 278. The second-order valence-corrected chi connectivity index (χ2v) is 4.94. The molecular formula is C16H27N. The van der Waals surface area contributed by atoms with E-state index < -0.39 is 0 Å². The van der Waals surface area contributed by atoms with Crippen molar-refractivity contribution < 1.29 is 0 Å².